The van der Waals surface area contributed by atoms with Gasteiger partial charge in [0.05, 0.1) is 6.61 Å². The first-order chi connectivity index (χ1) is 6.23. The quantitative estimate of drug-likeness (QED) is 0.657. The maximum atomic E-state index is 11.8. The van der Waals surface area contributed by atoms with E-state index in [0.717, 1.165) is 18.6 Å². The van der Waals surface area contributed by atoms with Crippen LogP contribution in [0, 0.1) is 5.92 Å². The molecular formula is C9H13O3P. The van der Waals surface area contributed by atoms with Crippen molar-refractivity contribution < 1.29 is 13.6 Å². The van der Waals surface area contributed by atoms with Crippen LogP contribution in [-0.4, -0.2) is 6.61 Å². The highest BCUT2D eigenvalue weighted by Gasteiger charge is 2.34. The van der Waals surface area contributed by atoms with Crippen molar-refractivity contribution in [2.45, 2.75) is 19.8 Å². The second kappa shape index (κ2) is 3.32. The SMILES string of the molecule is CCOP1(=O)C=CC=C(C2CC2)O1. The zero-order valence-electron chi connectivity index (χ0n) is 7.60. The topological polar surface area (TPSA) is 35.5 Å². The molecule has 0 aromatic rings. The van der Waals surface area contributed by atoms with E-state index < -0.39 is 7.60 Å². The Morgan fingerprint density at radius 3 is 3.08 bits per heavy atom. The summed E-state index contributed by atoms with van der Waals surface area (Å²) in [6, 6.07) is 0. The molecule has 2 aliphatic rings. The van der Waals surface area contributed by atoms with Crippen molar-refractivity contribution in [2.75, 3.05) is 6.61 Å². The van der Waals surface area contributed by atoms with Crippen molar-refractivity contribution >= 4 is 7.60 Å². The molecule has 0 aromatic heterocycles. The Bertz CT molecular complexity index is 302. The molecule has 0 amide bonds. The van der Waals surface area contributed by atoms with E-state index in [9.17, 15) is 4.57 Å². The Hall–Kier alpha value is -0.530. The molecule has 1 unspecified atom stereocenters. The highest BCUT2D eigenvalue weighted by Crippen LogP contribution is 2.56. The van der Waals surface area contributed by atoms with Crippen molar-refractivity contribution in [1.82, 2.24) is 0 Å². The number of rotatable bonds is 3. The first-order valence-corrected chi connectivity index (χ1v) is 6.18. The van der Waals surface area contributed by atoms with Crippen molar-refractivity contribution in [3.63, 3.8) is 0 Å². The summed E-state index contributed by atoms with van der Waals surface area (Å²) >= 11 is 0. The van der Waals surface area contributed by atoms with Crippen LogP contribution in [0.3, 0.4) is 0 Å². The predicted molar refractivity (Wildman–Crippen MR) is 50.3 cm³/mol. The third kappa shape index (κ3) is 2.04. The van der Waals surface area contributed by atoms with Gasteiger partial charge < -0.3 is 4.52 Å². The standard InChI is InChI=1S/C9H13O3P/c1-2-11-13(10)7-3-4-9(12-13)8-5-6-8/h3-4,7-8H,2,5-6H2,1H3. The number of allylic oxidation sites excluding steroid dienone is 3. The van der Waals surface area contributed by atoms with E-state index in [1.807, 2.05) is 13.0 Å². The van der Waals surface area contributed by atoms with Gasteiger partial charge in [0.15, 0.2) is 0 Å². The lowest BCUT2D eigenvalue weighted by atomic mass is 10.3. The maximum absolute atomic E-state index is 11.8. The summed E-state index contributed by atoms with van der Waals surface area (Å²) in [6.07, 6.45) is 5.94. The Morgan fingerprint density at radius 2 is 2.46 bits per heavy atom. The lowest BCUT2D eigenvalue weighted by Crippen LogP contribution is -1.98. The molecule has 0 saturated heterocycles. The summed E-state index contributed by atoms with van der Waals surface area (Å²) in [7, 11) is -2.93. The average Bonchev–Trinajstić information content (AvgIpc) is 2.86. The van der Waals surface area contributed by atoms with Gasteiger partial charge in [-0.2, -0.15) is 0 Å². The molecule has 0 N–H and O–H groups in total. The molecular weight excluding hydrogens is 187 g/mol. The van der Waals surface area contributed by atoms with E-state index in [-0.39, 0.29) is 0 Å². The van der Waals surface area contributed by atoms with E-state index in [0.29, 0.717) is 12.5 Å². The highest BCUT2D eigenvalue weighted by atomic mass is 31.2. The van der Waals surface area contributed by atoms with Gasteiger partial charge in [0.25, 0.3) is 0 Å². The zero-order chi connectivity index (χ0) is 9.31. The van der Waals surface area contributed by atoms with Crippen LogP contribution in [0.5, 0.6) is 0 Å². The van der Waals surface area contributed by atoms with Gasteiger partial charge in [-0.1, -0.05) is 0 Å². The van der Waals surface area contributed by atoms with E-state index in [4.69, 9.17) is 9.05 Å². The van der Waals surface area contributed by atoms with Crippen LogP contribution in [0.15, 0.2) is 23.7 Å². The van der Waals surface area contributed by atoms with Gasteiger partial charge in [0, 0.05) is 11.7 Å². The smallest absolute Gasteiger partial charge is 0.403 e. The van der Waals surface area contributed by atoms with Gasteiger partial charge in [0.2, 0.25) is 0 Å². The molecule has 1 saturated carbocycles. The van der Waals surface area contributed by atoms with Gasteiger partial charge in [0.1, 0.15) is 5.76 Å². The molecule has 0 spiro atoms. The molecule has 0 aromatic carbocycles. The van der Waals surface area contributed by atoms with Crippen molar-refractivity contribution in [2.24, 2.45) is 5.92 Å². The Kier molecular flexibility index (Phi) is 2.31. The highest BCUT2D eigenvalue weighted by molar-refractivity contribution is 7.57. The van der Waals surface area contributed by atoms with E-state index in [1.165, 1.54) is 5.82 Å². The third-order valence-corrected chi connectivity index (χ3v) is 3.67. The van der Waals surface area contributed by atoms with Crippen LogP contribution in [0.1, 0.15) is 19.8 Å². The van der Waals surface area contributed by atoms with Gasteiger partial charge in [-0.15, -0.1) is 0 Å². The van der Waals surface area contributed by atoms with Crippen molar-refractivity contribution in [3.8, 4) is 0 Å². The summed E-state index contributed by atoms with van der Waals surface area (Å²) in [5, 5.41) is 0. The summed E-state index contributed by atoms with van der Waals surface area (Å²) in [5.41, 5.74) is 0. The maximum Gasteiger partial charge on any atom is 0.403 e. The summed E-state index contributed by atoms with van der Waals surface area (Å²) in [6.45, 7) is 2.23. The number of hydrogen-bond donors (Lipinski definition) is 0. The Labute approximate surface area is 78.0 Å². The molecule has 0 bridgehead atoms. The second-order valence-electron chi connectivity index (χ2n) is 3.23. The van der Waals surface area contributed by atoms with Crippen LogP contribution in [0.25, 0.3) is 0 Å². The van der Waals surface area contributed by atoms with Crippen LogP contribution in [-0.2, 0) is 13.6 Å². The van der Waals surface area contributed by atoms with Gasteiger partial charge in [-0.05, 0) is 31.9 Å². The van der Waals surface area contributed by atoms with E-state index >= 15 is 0 Å². The third-order valence-electron chi connectivity index (χ3n) is 2.05. The minimum absolute atomic E-state index is 0.416. The van der Waals surface area contributed by atoms with E-state index in [2.05, 4.69) is 0 Å². The number of hydrogen-bond acceptors (Lipinski definition) is 3. The van der Waals surface area contributed by atoms with Crippen LogP contribution in [0.2, 0.25) is 0 Å². The first kappa shape index (κ1) is 9.04. The molecule has 0 radical (unpaired) electrons. The molecule has 1 fully saturated rings. The van der Waals surface area contributed by atoms with Crippen LogP contribution in [0.4, 0.5) is 0 Å². The van der Waals surface area contributed by atoms with Gasteiger partial charge in [-0.25, -0.2) is 4.57 Å². The normalized spacial score (nSPS) is 32.5. The first-order valence-electron chi connectivity index (χ1n) is 4.57. The fourth-order valence-electron chi connectivity index (χ4n) is 1.28. The molecule has 4 heteroatoms. The Morgan fingerprint density at radius 1 is 1.69 bits per heavy atom. The molecule has 1 atom stereocenters. The minimum atomic E-state index is -2.93. The van der Waals surface area contributed by atoms with Crippen molar-refractivity contribution in [1.29, 1.82) is 0 Å². The Balaban J connectivity index is 2.08. The summed E-state index contributed by atoms with van der Waals surface area (Å²) in [5.74, 6) is 2.83. The molecule has 72 valence electrons. The average molecular weight is 200 g/mol. The molecule has 13 heavy (non-hydrogen) atoms. The lowest BCUT2D eigenvalue weighted by Gasteiger charge is -2.19. The molecule has 3 nitrogen and oxygen atoms in total. The molecule has 1 heterocycles. The van der Waals surface area contributed by atoms with Crippen LogP contribution >= 0.6 is 7.60 Å². The largest absolute Gasteiger partial charge is 0.426 e. The van der Waals surface area contributed by atoms with Crippen LogP contribution < -0.4 is 0 Å². The van der Waals surface area contributed by atoms with Gasteiger partial charge in [-0.3, -0.25) is 4.52 Å². The minimum Gasteiger partial charge on any atom is -0.426 e. The molecule has 1 aliphatic heterocycles. The summed E-state index contributed by atoms with van der Waals surface area (Å²) < 4.78 is 22.2. The van der Waals surface area contributed by atoms with Crippen molar-refractivity contribution in [3.05, 3.63) is 23.7 Å². The van der Waals surface area contributed by atoms with Gasteiger partial charge >= 0.3 is 7.60 Å². The summed E-state index contributed by atoms with van der Waals surface area (Å²) in [4.78, 5) is 0. The lowest BCUT2D eigenvalue weighted by molar-refractivity contribution is 0.250. The molecule has 2 rings (SSSR count). The second-order valence-corrected chi connectivity index (χ2v) is 5.05. The zero-order valence-corrected chi connectivity index (χ0v) is 8.50. The predicted octanol–water partition coefficient (Wildman–Crippen LogP) is 3.05. The fourth-order valence-corrected chi connectivity index (χ4v) is 2.64. The van der Waals surface area contributed by atoms with E-state index in [1.54, 1.807) is 6.08 Å². The fraction of sp³-hybridized carbons (Fsp3) is 0.556. The molecule has 1 aliphatic carbocycles. The monoisotopic (exact) mass is 200 g/mol.